The molecule has 0 bridgehead atoms. The van der Waals surface area contributed by atoms with E-state index in [0.717, 1.165) is 44.4 Å². The third-order valence-corrected chi connectivity index (χ3v) is 5.93. The molecule has 2 saturated heterocycles. The van der Waals surface area contributed by atoms with Gasteiger partial charge in [0.15, 0.2) is 5.96 Å². The van der Waals surface area contributed by atoms with Crippen molar-refractivity contribution < 1.29 is 4.74 Å². The van der Waals surface area contributed by atoms with E-state index in [2.05, 4.69) is 43.6 Å². The van der Waals surface area contributed by atoms with Crippen molar-refractivity contribution in [2.24, 2.45) is 4.99 Å². The average Bonchev–Trinajstić information content (AvgIpc) is 3.28. The second-order valence-corrected chi connectivity index (χ2v) is 7.78. The fraction of sp³-hybridized carbons (Fsp3) is 0.682. The first-order chi connectivity index (χ1) is 13.8. The monoisotopic (exact) mass is 387 g/mol. The summed E-state index contributed by atoms with van der Waals surface area (Å²) >= 11 is 0. The maximum atomic E-state index is 5.65. The van der Waals surface area contributed by atoms with Gasteiger partial charge in [0.05, 0.1) is 13.2 Å². The summed E-state index contributed by atoms with van der Waals surface area (Å²) in [6, 6.07) is 8.68. The highest BCUT2D eigenvalue weighted by molar-refractivity contribution is 5.79. The normalized spacial score (nSPS) is 20.1. The first kappa shape index (κ1) is 20.9. The molecule has 0 aliphatic carbocycles. The molecule has 156 valence electrons. The van der Waals surface area contributed by atoms with E-state index < -0.39 is 0 Å². The van der Waals surface area contributed by atoms with Gasteiger partial charge in [0.2, 0.25) is 0 Å². The van der Waals surface area contributed by atoms with Gasteiger partial charge in [0.25, 0.3) is 0 Å². The summed E-state index contributed by atoms with van der Waals surface area (Å²) in [6.45, 7) is 7.60. The molecule has 0 radical (unpaired) electrons. The molecular weight excluding hydrogens is 350 g/mol. The zero-order valence-corrected chi connectivity index (χ0v) is 17.6. The molecule has 1 aromatic rings. The van der Waals surface area contributed by atoms with Gasteiger partial charge in [-0.25, -0.2) is 0 Å². The Hall–Kier alpha value is -1.79. The predicted molar refractivity (Wildman–Crippen MR) is 116 cm³/mol. The number of piperidine rings is 1. The molecule has 1 unspecified atom stereocenters. The lowest BCUT2D eigenvalue weighted by Crippen LogP contribution is -2.45. The van der Waals surface area contributed by atoms with E-state index in [1.165, 1.54) is 50.8 Å². The molecule has 3 rings (SSSR count). The quantitative estimate of drug-likeness (QED) is 0.530. The summed E-state index contributed by atoms with van der Waals surface area (Å²) in [5.74, 6) is 1.85. The number of nitrogens with zero attached hydrogens (tertiary/aromatic N) is 3. The van der Waals surface area contributed by atoms with Crippen LogP contribution in [0.15, 0.2) is 29.3 Å². The molecule has 1 aromatic carbocycles. The molecule has 6 nitrogen and oxygen atoms in total. The number of para-hydroxylation sites is 1. The summed E-state index contributed by atoms with van der Waals surface area (Å²) in [5, 5.41) is 7.05. The Morgan fingerprint density at radius 2 is 1.75 bits per heavy atom. The Balaban J connectivity index is 1.55. The van der Waals surface area contributed by atoms with E-state index in [0.29, 0.717) is 6.04 Å². The number of methoxy groups -OCH3 is 1. The van der Waals surface area contributed by atoms with Crippen molar-refractivity contribution in [2.75, 3.05) is 60.0 Å². The molecule has 0 amide bonds. The predicted octanol–water partition coefficient (Wildman–Crippen LogP) is 2.48. The van der Waals surface area contributed by atoms with Crippen molar-refractivity contribution in [1.82, 2.24) is 20.4 Å². The standard InChI is InChI=1S/C22H37N5O/c1-23-22(24-12-17-26-13-6-3-7-14-26)25-18-20(27-15-8-9-16-27)19-10-4-5-11-21(19)28-2/h4-5,10-11,20H,3,6-9,12-18H2,1-2H3,(H2,23,24,25). The molecular formula is C22H37N5O. The third-order valence-electron chi connectivity index (χ3n) is 5.93. The van der Waals surface area contributed by atoms with Crippen molar-refractivity contribution in [3.63, 3.8) is 0 Å². The first-order valence-electron chi connectivity index (χ1n) is 10.9. The Morgan fingerprint density at radius 3 is 2.46 bits per heavy atom. The third kappa shape index (κ3) is 5.85. The molecule has 1 atom stereocenters. The molecule has 2 N–H and O–H groups in total. The molecule has 6 heteroatoms. The Labute approximate surface area is 170 Å². The SMILES string of the molecule is CN=C(NCCN1CCCCC1)NCC(c1ccccc1OC)N1CCCC1. The Kier molecular flexibility index (Phi) is 8.42. The largest absolute Gasteiger partial charge is 0.496 e. The molecule has 2 aliphatic heterocycles. The van der Waals surface area contributed by atoms with Crippen LogP contribution in [-0.4, -0.2) is 75.7 Å². The lowest BCUT2D eigenvalue weighted by molar-refractivity contribution is 0.231. The van der Waals surface area contributed by atoms with E-state index in [9.17, 15) is 0 Å². The van der Waals surface area contributed by atoms with E-state index in [1.807, 2.05) is 13.1 Å². The van der Waals surface area contributed by atoms with Crippen LogP contribution in [0, 0.1) is 0 Å². The molecule has 0 aromatic heterocycles. The van der Waals surface area contributed by atoms with E-state index >= 15 is 0 Å². The fourth-order valence-corrected chi connectivity index (χ4v) is 4.36. The lowest BCUT2D eigenvalue weighted by atomic mass is 10.0. The van der Waals surface area contributed by atoms with E-state index in [4.69, 9.17) is 4.74 Å². The van der Waals surface area contributed by atoms with E-state index in [1.54, 1.807) is 7.11 Å². The second-order valence-electron chi connectivity index (χ2n) is 7.78. The van der Waals surface area contributed by atoms with Crippen molar-refractivity contribution in [2.45, 2.75) is 38.1 Å². The molecule has 2 fully saturated rings. The van der Waals surface area contributed by atoms with Gasteiger partial charge in [0, 0.05) is 32.2 Å². The maximum Gasteiger partial charge on any atom is 0.191 e. The van der Waals surface area contributed by atoms with Gasteiger partial charge in [-0.05, 0) is 57.9 Å². The summed E-state index contributed by atoms with van der Waals surface area (Å²) in [7, 11) is 3.61. The molecule has 2 heterocycles. The van der Waals surface area contributed by atoms with Crippen LogP contribution in [0.4, 0.5) is 0 Å². The number of rotatable bonds is 8. The van der Waals surface area contributed by atoms with Gasteiger partial charge in [-0.3, -0.25) is 9.89 Å². The van der Waals surface area contributed by atoms with Crippen LogP contribution in [0.5, 0.6) is 5.75 Å². The van der Waals surface area contributed by atoms with E-state index in [-0.39, 0.29) is 0 Å². The smallest absolute Gasteiger partial charge is 0.191 e. The molecule has 0 spiro atoms. The molecule has 28 heavy (non-hydrogen) atoms. The summed E-state index contributed by atoms with van der Waals surface area (Å²) in [6.07, 6.45) is 6.60. The van der Waals surface area contributed by atoms with Gasteiger partial charge in [0.1, 0.15) is 5.75 Å². The number of likely N-dealkylation sites (tertiary alicyclic amines) is 2. The highest BCUT2D eigenvalue weighted by Gasteiger charge is 2.26. The Bertz CT molecular complexity index is 609. The molecule has 2 aliphatic rings. The highest BCUT2D eigenvalue weighted by atomic mass is 16.5. The number of aliphatic imine (C=N–C) groups is 1. The number of ether oxygens (including phenoxy) is 1. The number of guanidine groups is 1. The zero-order chi connectivity index (χ0) is 19.6. The fourth-order valence-electron chi connectivity index (χ4n) is 4.36. The number of benzene rings is 1. The minimum absolute atomic E-state index is 0.291. The van der Waals surface area contributed by atoms with Gasteiger partial charge < -0.3 is 20.3 Å². The van der Waals surface area contributed by atoms with Crippen LogP contribution in [0.25, 0.3) is 0 Å². The van der Waals surface area contributed by atoms with Gasteiger partial charge in [-0.2, -0.15) is 0 Å². The number of nitrogens with one attached hydrogen (secondary N) is 2. The average molecular weight is 388 g/mol. The van der Waals surface area contributed by atoms with Crippen LogP contribution in [0.1, 0.15) is 43.7 Å². The summed E-state index contributed by atoms with van der Waals surface area (Å²) < 4.78 is 5.65. The first-order valence-corrected chi connectivity index (χ1v) is 10.9. The Morgan fingerprint density at radius 1 is 1.04 bits per heavy atom. The second kappa shape index (κ2) is 11.3. The highest BCUT2D eigenvalue weighted by Crippen LogP contribution is 2.31. The minimum Gasteiger partial charge on any atom is -0.496 e. The van der Waals surface area contributed by atoms with Crippen molar-refractivity contribution in [3.05, 3.63) is 29.8 Å². The van der Waals surface area contributed by atoms with Crippen molar-refractivity contribution >= 4 is 5.96 Å². The topological polar surface area (TPSA) is 52.1 Å². The van der Waals surface area contributed by atoms with Crippen molar-refractivity contribution in [1.29, 1.82) is 0 Å². The van der Waals surface area contributed by atoms with Gasteiger partial charge in [-0.15, -0.1) is 0 Å². The van der Waals surface area contributed by atoms with Crippen molar-refractivity contribution in [3.8, 4) is 5.75 Å². The van der Waals surface area contributed by atoms with Crippen LogP contribution in [0.2, 0.25) is 0 Å². The molecule has 0 saturated carbocycles. The minimum atomic E-state index is 0.291. The van der Waals surface area contributed by atoms with Crippen LogP contribution in [-0.2, 0) is 0 Å². The van der Waals surface area contributed by atoms with Crippen LogP contribution < -0.4 is 15.4 Å². The zero-order valence-electron chi connectivity index (χ0n) is 17.6. The summed E-state index contributed by atoms with van der Waals surface area (Å²) in [5.41, 5.74) is 1.25. The lowest BCUT2D eigenvalue weighted by Gasteiger charge is -2.30. The number of hydrogen-bond acceptors (Lipinski definition) is 4. The summed E-state index contributed by atoms with van der Waals surface area (Å²) in [4.78, 5) is 9.54. The van der Waals surface area contributed by atoms with Crippen LogP contribution in [0.3, 0.4) is 0 Å². The van der Waals surface area contributed by atoms with Crippen LogP contribution >= 0.6 is 0 Å². The van der Waals surface area contributed by atoms with Gasteiger partial charge >= 0.3 is 0 Å². The maximum absolute atomic E-state index is 5.65. The number of hydrogen-bond donors (Lipinski definition) is 2. The van der Waals surface area contributed by atoms with Gasteiger partial charge in [-0.1, -0.05) is 24.6 Å².